The number of halogens is 1. The van der Waals surface area contributed by atoms with Gasteiger partial charge in [-0.25, -0.2) is 0 Å². The topological polar surface area (TPSA) is 26.3 Å². The molecule has 21 heavy (non-hydrogen) atoms. The maximum Gasteiger partial charge on any atom is 0.314 e. The lowest BCUT2D eigenvalue weighted by atomic mass is 9.84. The lowest BCUT2D eigenvalue weighted by Crippen LogP contribution is -2.30. The number of hydrogen-bond donors (Lipinski definition) is 0. The number of alkyl halides is 1. The fraction of sp³-hybridized carbons (Fsp3) is 0.611. The Morgan fingerprint density at radius 1 is 1.24 bits per heavy atom. The van der Waals surface area contributed by atoms with E-state index in [1.165, 1.54) is 18.4 Å². The number of rotatable bonds is 4. The normalized spacial score (nSPS) is 17.7. The van der Waals surface area contributed by atoms with Crippen LogP contribution in [0.4, 0.5) is 0 Å². The number of esters is 1. The van der Waals surface area contributed by atoms with Gasteiger partial charge in [-0.3, -0.25) is 4.79 Å². The fourth-order valence-electron chi connectivity index (χ4n) is 3.07. The Hall–Kier alpha value is -0.830. The van der Waals surface area contributed by atoms with Gasteiger partial charge in [0.25, 0.3) is 0 Å². The quantitative estimate of drug-likeness (QED) is 0.550. The number of carbonyl (C=O) groups is 1. The molecule has 1 atom stereocenters. The highest BCUT2D eigenvalue weighted by Crippen LogP contribution is 2.39. The maximum absolute atomic E-state index is 12.7. The zero-order valence-electron chi connectivity index (χ0n) is 13.2. The molecule has 0 radical (unpaired) electrons. The van der Waals surface area contributed by atoms with Gasteiger partial charge >= 0.3 is 5.97 Å². The summed E-state index contributed by atoms with van der Waals surface area (Å²) >= 11 is 3.46. The molecule has 0 aromatic heterocycles. The molecule has 0 unspecified atom stereocenters. The van der Waals surface area contributed by atoms with Crippen LogP contribution in [0.5, 0.6) is 0 Å². The molecular weight excluding hydrogens is 328 g/mol. The van der Waals surface area contributed by atoms with Crippen LogP contribution < -0.4 is 0 Å². The van der Waals surface area contributed by atoms with Gasteiger partial charge in [0, 0.05) is 5.33 Å². The Balaban J connectivity index is 2.24. The minimum absolute atomic E-state index is 0.0685. The molecule has 0 aliphatic heterocycles. The molecule has 3 heteroatoms. The van der Waals surface area contributed by atoms with Crippen molar-refractivity contribution in [2.75, 3.05) is 0 Å². The first-order valence-corrected chi connectivity index (χ1v) is 8.90. The van der Waals surface area contributed by atoms with Crippen LogP contribution in [-0.4, -0.2) is 11.6 Å². The second-order valence-electron chi connectivity index (χ2n) is 6.93. The fourth-order valence-corrected chi connectivity index (χ4v) is 3.44. The summed E-state index contributed by atoms with van der Waals surface area (Å²) in [5.41, 5.74) is 1.90. The van der Waals surface area contributed by atoms with Gasteiger partial charge in [-0.15, -0.1) is 0 Å². The number of ether oxygens (including phenoxy) is 1. The maximum atomic E-state index is 12.7. The molecule has 0 N–H and O–H groups in total. The highest BCUT2D eigenvalue weighted by Gasteiger charge is 2.34. The highest BCUT2D eigenvalue weighted by molar-refractivity contribution is 9.08. The SMILES string of the molecule is CC(C)(C)OC(=O)[C@H](c1ccc(CBr)cc1)C1CCCC1. The van der Waals surface area contributed by atoms with E-state index in [0.29, 0.717) is 5.92 Å². The van der Waals surface area contributed by atoms with E-state index < -0.39 is 5.60 Å². The summed E-state index contributed by atoms with van der Waals surface area (Å²) in [7, 11) is 0. The third-order valence-electron chi connectivity index (χ3n) is 4.03. The van der Waals surface area contributed by atoms with E-state index in [4.69, 9.17) is 4.74 Å². The van der Waals surface area contributed by atoms with Crippen molar-refractivity contribution in [1.82, 2.24) is 0 Å². The zero-order valence-corrected chi connectivity index (χ0v) is 14.8. The Labute approximate surface area is 136 Å². The first-order valence-electron chi connectivity index (χ1n) is 7.78. The molecule has 0 bridgehead atoms. The van der Waals surface area contributed by atoms with Crippen LogP contribution in [0.25, 0.3) is 0 Å². The summed E-state index contributed by atoms with van der Waals surface area (Å²) < 4.78 is 5.68. The smallest absolute Gasteiger partial charge is 0.314 e. The predicted molar refractivity (Wildman–Crippen MR) is 89.6 cm³/mol. The average Bonchev–Trinajstić information content (AvgIpc) is 2.91. The molecule has 2 rings (SSSR count). The van der Waals surface area contributed by atoms with Crippen molar-refractivity contribution in [3.05, 3.63) is 35.4 Å². The van der Waals surface area contributed by atoms with Gasteiger partial charge < -0.3 is 4.74 Å². The van der Waals surface area contributed by atoms with E-state index in [1.807, 2.05) is 20.8 Å². The molecule has 1 aromatic carbocycles. The highest BCUT2D eigenvalue weighted by atomic mass is 79.9. The van der Waals surface area contributed by atoms with Crippen LogP contribution in [0.15, 0.2) is 24.3 Å². The molecule has 1 aliphatic carbocycles. The standard InChI is InChI=1S/C18H25BrO2/c1-18(2,3)21-17(20)16(14-6-4-5-7-14)15-10-8-13(12-19)9-11-15/h8-11,14,16H,4-7,12H2,1-3H3/t16-/m0/s1. The molecule has 1 aliphatic rings. The van der Waals surface area contributed by atoms with Crippen LogP contribution >= 0.6 is 15.9 Å². The minimum atomic E-state index is -0.427. The number of hydrogen-bond acceptors (Lipinski definition) is 2. The number of benzene rings is 1. The van der Waals surface area contributed by atoms with E-state index in [0.717, 1.165) is 23.7 Å². The van der Waals surface area contributed by atoms with E-state index in [9.17, 15) is 4.79 Å². The number of carbonyl (C=O) groups excluding carboxylic acids is 1. The minimum Gasteiger partial charge on any atom is -0.459 e. The summed E-state index contributed by atoms with van der Waals surface area (Å²) in [6.45, 7) is 5.81. The average molecular weight is 353 g/mol. The second kappa shape index (κ2) is 6.95. The van der Waals surface area contributed by atoms with Crippen molar-refractivity contribution in [3.8, 4) is 0 Å². The van der Waals surface area contributed by atoms with Crippen molar-refractivity contribution in [2.24, 2.45) is 5.92 Å². The molecule has 2 nitrogen and oxygen atoms in total. The van der Waals surface area contributed by atoms with Gasteiger partial charge in [-0.1, -0.05) is 53.0 Å². The van der Waals surface area contributed by atoms with Gasteiger partial charge in [0.2, 0.25) is 0 Å². The summed E-state index contributed by atoms with van der Waals surface area (Å²) in [6.07, 6.45) is 4.71. The molecule has 0 amide bonds. The van der Waals surface area contributed by atoms with Gasteiger partial charge in [-0.2, -0.15) is 0 Å². The van der Waals surface area contributed by atoms with E-state index in [-0.39, 0.29) is 11.9 Å². The lowest BCUT2D eigenvalue weighted by Gasteiger charge is -2.27. The van der Waals surface area contributed by atoms with E-state index in [1.54, 1.807) is 0 Å². The van der Waals surface area contributed by atoms with Crippen LogP contribution in [0.3, 0.4) is 0 Å². The molecule has 0 heterocycles. The van der Waals surface area contributed by atoms with Crippen LogP contribution in [0.1, 0.15) is 63.5 Å². The monoisotopic (exact) mass is 352 g/mol. The lowest BCUT2D eigenvalue weighted by molar-refractivity contribution is -0.158. The van der Waals surface area contributed by atoms with Gasteiger partial charge in [0.05, 0.1) is 5.92 Å². The molecular formula is C18H25BrO2. The molecule has 1 fully saturated rings. The second-order valence-corrected chi connectivity index (χ2v) is 7.49. The summed E-state index contributed by atoms with van der Waals surface area (Å²) in [6, 6.07) is 8.36. The first-order chi connectivity index (χ1) is 9.90. The summed E-state index contributed by atoms with van der Waals surface area (Å²) in [5.74, 6) is 0.242. The van der Waals surface area contributed by atoms with Gasteiger partial charge in [-0.05, 0) is 50.7 Å². The Morgan fingerprint density at radius 2 is 1.81 bits per heavy atom. The Kier molecular flexibility index (Phi) is 5.48. The van der Waals surface area contributed by atoms with Crippen molar-refractivity contribution in [2.45, 2.75) is 63.3 Å². The Morgan fingerprint density at radius 3 is 2.29 bits per heavy atom. The van der Waals surface area contributed by atoms with E-state index in [2.05, 4.69) is 40.2 Å². The van der Waals surface area contributed by atoms with Crippen LogP contribution in [-0.2, 0) is 14.9 Å². The third-order valence-corrected chi connectivity index (χ3v) is 4.67. The van der Waals surface area contributed by atoms with Crippen molar-refractivity contribution >= 4 is 21.9 Å². The van der Waals surface area contributed by atoms with Gasteiger partial charge in [0.1, 0.15) is 5.60 Å². The Bertz CT molecular complexity index is 467. The molecule has 1 saturated carbocycles. The largest absolute Gasteiger partial charge is 0.459 e. The van der Waals surface area contributed by atoms with Gasteiger partial charge in [0.15, 0.2) is 0 Å². The summed E-state index contributed by atoms with van der Waals surface area (Å²) in [4.78, 5) is 12.7. The van der Waals surface area contributed by atoms with Crippen LogP contribution in [0.2, 0.25) is 0 Å². The van der Waals surface area contributed by atoms with Crippen molar-refractivity contribution in [3.63, 3.8) is 0 Å². The summed E-state index contributed by atoms with van der Waals surface area (Å²) in [5, 5.41) is 0.841. The third kappa shape index (κ3) is 4.57. The van der Waals surface area contributed by atoms with Crippen molar-refractivity contribution in [1.29, 1.82) is 0 Å². The predicted octanol–water partition coefficient (Wildman–Crippen LogP) is 5.20. The van der Waals surface area contributed by atoms with E-state index >= 15 is 0 Å². The van der Waals surface area contributed by atoms with Crippen molar-refractivity contribution < 1.29 is 9.53 Å². The first kappa shape index (κ1) is 16.5. The molecule has 116 valence electrons. The molecule has 1 aromatic rings. The zero-order chi connectivity index (χ0) is 15.5. The molecule has 0 saturated heterocycles. The van der Waals surface area contributed by atoms with Crippen LogP contribution in [0, 0.1) is 5.92 Å². The molecule has 0 spiro atoms.